The lowest BCUT2D eigenvalue weighted by atomic mass is 10.00. The van der Waals surface area contributed by atoms with E-state index in [1.807, 2.05) is 28.6 Å². The number of anilines is 1. The van der Waals surface area contributed by atoms with E-state index in [0.29, 0.717) is 48.1 Å². The van der Waals surface area contributed by atoms with Crippen LogP contribution in [0.3, 0.4) is 0 Å². The average Bonchev–Trinajstić information content (AvgIpc) is 3.25. The van der Waals surface area contributed by atoms with Crippen molar-refractivity contribution in [3.05, 3.63) is 62.8 Å². The molecule has 0 saturated carbocycles. The Balaban J connectivity index is 1.55. The van der Waals surface area contributed by atoms with E-state index in [1.165, 1.54) is 0 Å². The van der Waals surface area contributed by atoms with Gasteiger partial charge in [-0.25, -0.2) is 0 Å². The number of hydrogen-bond acceptors (Lipinski definition) is 5. The van der Waals surface area contributed by atoms with E-state index in [9.17, 15) is 4.79 Å². The van der Waals surface area contributed by atoms with E-state index in [0.717, 1.165) is 39.7 Å². The molecule has 0 aliphatic carbocycles. The summed E-state index contributed by atoms with van der Waals surface area (Å²) in [5, 5.41) is 10.0. The number of amides is 1. The van der Waals surface area contributed by atoms with Crippen LogP contribution in [0.4, 0.5) is 5.88 Å². The number of benzene rings is 1. The van der Waals surface area contributed by atoms with Crippen LogP contribution in [0.5, 0.6) is 0 Å². The smallest absolute Gasteiger partial charge is 0.254 e. The molecular formula is C22H21Cl2N5O2. The lowest BCUT2D eigenvalue weighted by Crippen LogP contribution is -2.36. The summed E-state index contributed by atoms with van der Waals surface area (Å²) in [5.74, 6) is 0.635. The van der Waals surface area contributed by atoms with Gasteiger partial charge < -0.3 is 14.3 Å². The fraction of sp³-hybridized carbons (Fsp3) is 0.318. The van der Waals surface area contributed by atoms with Gasteiger partial charge in [-0.15, -0.1) is 0 Å². The van der Waals surface area contributed by atoms with Crippen LogP contribution in [0, 0.1) is 0 Å². The summed E-state index contributed by atoms with van der Waals surface area (Å²) in [6, 6.07) is 4.96. The number of halogens is 2. The molecule has 1 amide bonds. The van der Waals surface area contributed by atoms with E-state index in [2.05, 4.69) is 11.7 Å². The Morgan fingerprint density at radius 2 is 2.00 bits per heavy atom. The van der Waals surface area contributed by atoms with Crippen molar-refractivity contribution in [2.75, 3.05) is 25.5 Å². The van der Waals surface area contributed by atoms with Gasteiger partial charge in [0.25, 0.3) is 5.91 Å². The number of nitrogens with zero attached hydrogens (tertiary/aromatic N) is 5. The van der Waals surface area contributed by atoms with E-state index < -0.39 is 0 Å². The molecule has 0 spiro atoms. The largest absolute Gasteiger partial charge is 0.346 e. The molecule has 0 atom stereocenters. The van der Waals surface area contributed by atoms with E-state index in [-0.39, 0.29) is 5.91 Å². The number of rotatable bonds is 2. The molecule has 0 radical (unpaired) electrons. The minimum absolute atomic E-state index is 0.0865. The SMILES string of the molecule is C=C1Cc2c(noc2N(C)C)-c2c3c(nn2C1)CCN(C(=O)c1ccc(Cl)c(Cl)c1)C3. The maximum Gasteiger partial charge on any atom is 0.254 e. The molecular weight excluding hydrogens is 437 g/mol. The molecule has 5 rings (SSSR count). The van der Waals surface area contributed by atoms with Crippen molar-refractivity contribution in [2.45, 2.75) is 25.9 Å². The highest BCUT2D eigenvalue weighted by atomic mass is 35.5. The van der Waals surface area contributed by atoms with Gasteiger partial charge in [0.2, 0.25) is 5.88 Å². The van der Waals surface area contributed by atoms with Crippen molar-refractivity contribution >= 4 is 35.0 Å². The molecule has 7 nitrogen and oxygen atoms in total. The van der Waals surface area contributed by atoms with Crippen molar-refractivity contribution in [3.8, 4) is 11.4 Å². The van der Waals surface area contributed by atoms with Crippen molar-refractivity contribution in [3.63, 3.8) is 0 Å². The Morgan fingerprint density at radius 3 is 2.74 bits per heavy atom. The summed E-state index contributed by atoms with van der Waals surface area (Å²) in [6.07, 6.45) is 1.35. The Morgan fingerprint density at radius 1 is 1.19 bits per heavy atom. The highest BCUT2D eigenvalue weighted by Gasteiger charge is 2.34. The first-order valence-corrected chi connectivity index (χ1v) is 10.7. The van der Waals surface area contributed by atoms with E-state index in [1.54, 1.807) is 18.2 Å². The monoisotopic (exact) mass is 457 g/mol. The molecule has 31 heavy (non-hydrogen) atoms. The number of fused-ring (bicyclic) bond motifs is 5. The maximum absolute atomic E-state index is 13.2. The van der Waals surface area contributed by atoms with Crippen molar-refractivity contribution in [1.82, 2.24) is 19.8 Å². The van der Waals surface area contributed by atoms with Gasteiger partial charge in [0.05, 0.1) is 40.1 Å². The molecule has 3 aromatic rings. The van der Waals surface area contributed by atoms with E-state index >= 15 is 0 Å². The van der Waals surface area contributed by atoms with Crippen LogP contribution >= 0.6 is 23.2 Å². The van der Waals surface area contributed by atoms with Gasteiger partial charge in [-0.05, 0) is 18.2 Å². The lowest BCUT2D eigenvalue weighted by Gasteiger charge is -2.27. The van der Waals surface area contributed by atoms with Crippen LogP contribution in [0.25, 0.3) is 11.4 Å². The average molecular weight is 458 g/mol. The van der Waals surface area contributed by atoms with Gasteiger partial charge in [-0.3, -0.25) is 9.48 Å². The fourth-order valence-electron chi connectivity index (χ4n) is 4.31. The summed E-state index contributed by atoms with van der Waals surface area (Å²) in [4.78, 5) is 16.9. The molecule has 0 bridgehead atoms. The number of hydrogen-bond donors (Lipinski definition) is 0. The Bertz CT molecular complexity index is 1230. The second kappa shape index (κ2) is 7.43. The number of allylic oxidation sites excluding steroid dienone is 1. The second-order valence-electron chi connectivity index (χ2n) is 8.17. The third-order valence-electron chi connectivity index (χ3n) is 5.75. The molecule has 9 heteroatoms. The Kier molecular flexibility index (Phi) is 4.83. The highest BCUT2D eigenvalue weighted by Crippen LogP contribution is 2.39. The molecule has 0 fully saturated rings. The van der Waals surface area contributed by atoms with Crippen molar-refractivity contribution < 1.29 is 9.32 Å². The minimum atomic E-state index is -0.0865. The van der Waals surface area contributed by atoms with Crippen LogP contribution in [0.1, 0.15) is 27.2 Å². The predicted octanol–water partition coefficient (Wildman–Crippen LogP) is 4.22. The molecule has 0 saturated heterocycles. The standard InChI is InChI=1S/C22H21Cl2N5O2/c1-12-8-14-19(26-31-22(14)27(2)3)20-15-11-28(7-6-18(15)25-29(20)10-12)21(30)13-4-5-16(23)17(24)9-13/h4-5,9H,1,6-8,10-11H2,2-3H3. The molecule has 160 valence electrons. The van der Waals surface area contributed by atoms with Gasteiger partial charge in [0, 0.05) is 44.6 Å². The minimum Gasteiger partial charge on any atom is -0.346 e. The first kappa shape index (κ1) is 20.2. The Labute approximate surface area is 189 Å². The zero-order valence-corrected chi connectivity index (χ0v) is 18.8. The highest BCUT2D eigenvalue weighted by molar-refractivity contribution is 6.42. The van der Waals surface area contributed by atoms with Gasteiger partial charge in [-0.2, -0.15) is 5.10 Å². The van der Waals surface area contributed by atoms with Crippen LogP contribution < -0.4 is 4.90 Å². The first-order chi connectivity index (χ1) is 14.8. The summed E-state index contributed by atoms with van der Waals surface area (Å²) < 4.78 is 7.61. The molecule has 0 N–H and O–H groups in total. The molecule has 2 aliphatic heterocycles. The normalized spacial score (nSPS) is 15.2. The van der Waals surface area contributed by atoms with Gasteiger partial charge in [0.15, 0.2) is 0 Å². The molecule has 2 aliphatic rings. The molecule has 4 heterocycles. The quantitative estimate of drug-likeness (QED) is 0.538. The third kappa shape index (κ3) is 3.32. The summed E-state index contributed by atoms with van der Waals surface area (Å²) >= 11 is 12.1. The first-order valence-electron chi connectivity index (χ1n) is 9.99. The maximum atomic E-state index is 13.2. The molecule has 1 aromatic carbocycles. The topological polar surface area (TPSA) is 67.4 Å². The number of carbonyl (C=O) groups excluding carboxylic acids is 1. The summed E-state index contributed by atoms with van der Waals surface area (Å²) in [5.41, 5.74) is 6.24. The summed E-state index contributed by atoms with van der Waals surface area (Å²) in [6.45, 7) is 5.86. The third-order valence-corrected chi connectivity index (χ3v) is 6.49. The second-order valence-corrected chi connectivity index (χ2v) is 8.99. The van der Waals surface area contributed by atoms with Gasteiger partial charge in [0.1, 0.15) is 5.69 Å². The van der Waals surface area contributed by atoms with E-state index in [4.69, 9.17) is 32.8 Å². The number of carbonyl (C=O) groups is 1. The predicted molar refractivity (Wildman–Crippen MR) is 120 cm³/mol. The summed E-state index contributed by atoms with van der Waals surface area (Å²) in [7, 11) is 3.86. The molecule has 0 unspecified atom stereocenters. The molecule has 2 aromatic heterocycles. The van der Waals surface area contributed by atoms with Crippen molar-refractivity contribution in [2.24, 2.45) is 0 Å². The van der Waals surface area contributed by atoms with Gasteiger partial charge in [-0.1, -0.05) is 40.5 Å². The van der Waals surface area contributed by atoms with Crippen LogP contribution in [-0.2, 0) is 25.9 Å². The van der Waals surface area contributed by atoms with Crippen molar-refractivity contribution in [1.29, 1.82) is 0 Å². The number of aromatic nitrogens is 3. The zero-order valence-electron chi connectivity index (χ0n) is 17.3. The zero-order chi connectivity index (χ0) is 21.9. The lowest BCUT2D eigenvalue weighted by molar-refractivity contribution is 0.0734. The van der Waals surface area contributed by atoms with Gasteiger partial charge >= 0.3 is 0 Å². The van der Waals surface area contributed by atoms with Crippen LogP contribution in [-0.4, -0.2) is 46.4 Å². The van der Waals surface area contributed by atoms with Crippen LogP contribution in [0.15, 0.2) is 34.9 Å². The van der Waals surface area contributed by atoms with Crippen LogP contribution in [0.2, 0.25) is 10.0 Å². The Hall–Kier alpha value is -2.77. The fourth-order valence-corrected chi connectivity index (χ4v) is 4.60.